The largest absolute Gasteiger partial charge is 0.396 e. The minimum Gasteiger partial charge on any atom is -0.396 e. The first-order chi connectivity index (χ1) is 18.1. The SMILES string of the molecule is C=C1CC2(CCC(CCC3(O)CCCC(O)C3)C2)C2OC2(C)CCC2C1CC2(C)C1CCC(CCCO)C1. The number of allylic oxidation sites excluding steroid dienone is 1. The van der Waals surface area contributed by atoms with Crippen molar-refractivity contribution in [2.45, 2.75) is 153 Å². The van der Waals surface area contributed by atoms with Gasteiger partial charge in [-0.2, -0.15) is 0 Å². The highest BCUT2D eigenvalue weighted by Gasteiger charge is 2.66. The lowest BCUT2D eigenvalue weighted by Gasteiger charge is -2.58. The molecule has 38 heavy (non-hydrogen) atoms. The van der Waals surface area contributed by atoms with Crippen LogP contribution in [-0.4, -0.2) is 45.3 Å². The summed E-state index contributed by atoms with van der Waals surface area (Å²) in [7, 11) is 0. The molecule has 3 N–H and O–H groups in total. The zero-order valence-corrected chi connectivity index (χ0v) is 24.4. The molecule has 6 fully saturated rings. The molecular weight excluding hydrogens is 472 g/mol. The summed E-state index contributed by atoms with van der Waals surface area (Å²) in [6.45, 7) is 10.2. The van der Waals surface area contributed by atoms with Crippen molar-refractivity contribution in [3.05, 3.63) is 12.2 Å². The summed E-state index contributed by atoms with van der Waals surface area (Å²) >= 11 is 0. The second-order valence-electron chi connectivity index (χ2n) is 15.8. The van der Waals surface area contributed by atoms with Gasteiger partial charge in [0, 0.05) is 18.4 Å². The van der Waals surface area contributed by atoms with Crippen LogP contribution in [0.3, 0.4) is 0 Å². The van der Waals surface area contributed by atoms with E-state index in [4.69, 9.17) is 11.3 Å². The Morgan fingerprint density at radius 3 is 2.58 bits per heavy atom. The van der Waals surface area contributed by atoms with E-state index < -0.39 is 5.60 Å². The van der Waals surface area contributed by atoms with E-state index in [-0.39, 0.29) is 17.1 Å². The van der Waals surface area contributed by atoms with E-state index in [9.17, 15) is 15.3 Å². The smallest absolute Gasteiger partial charge is 0.0930 e. The topological polar surface area (TPSA) is 73.2 Å². The fourth-order valence-corrected chi connectivity index (χ4v) is 11.1. The first-order valence-electron chi connectivity index (χ1n) is 16.4. The van der Waals surface area contributed by atoms with Crippen LogP contribution in [-0.2, 0) is 4.74 Å². The van der Waals surface area contributed by atoms with Crippen LogP contribution in [0.4, 0.5) is 0 Å². The van der Waals surface area contributed by atoms with E-state index in [2.05, 4.69) is 13.8 Å². The van der Waals surface area contributed by atoms with Gasteiger partial charge in [-0.05, 0) is 145 Å². The Hall–Kier alpha value is -0.420. The average Bonchev–Trinajstić information content (AvgIpc) is 3.20. The lowest BCUT2D eigenvalue weighted by Crippen LogP contribution is -2.51. The van der Waals surface area contributed by atoms with Crippen molar-refractivity contribution >= 4 is 0 Å². The number of hydrogen-bond acceptors (Lipinski definition) is 4. The summed E-state index contributed by atoms with van der Waals surface area (Å²) in [5.74, 6) is 3.79. The van der Waals surface area contributed by atoms with E-state index in [0.29, 0.717) is 36.4 Å². The number of aliphatic hydroxyl groups is 3. The Labute approximate surface area is 232 Å². The third-order valence-corrected chi connectivity index (χ3v) is 13.3. The molecule has 0 aromatic carbocycles. The van der Waals surface area contributed by atoms with E-state index in [1.807, 2.05) is 0 Å². The molecule has 1 saturated heterocycles. The molecule has 0 radical (unpaired) electrons. The van der Waals surface area contributed by atoms with Crippen LogP contribution in [0.25, 0.3) is 0 Å². The maximum absolute atomic E-state index is 11.1. The molecule has 5 aliphatic carbocycles. The van der Waals surface area contributed by atoms with Crippen LogP contribution in [0.1, 0.15) is 129 Å². The van der Waals surface area contributed by atoms with Crippen molar-refractivity contribution in [2.75, 3.05) is 6.61 Å². The van der Waals surface area contributed by atoms with Crippen LogP contribution in [0.2, 0.25) is 0 Å². The Morgan fingerprint density at radius 1 is 0.947 bits per heavy atom. The Balaban J connectivity index is 1.11. The monoisotopic (exact) mass is 528 g/mol. The minimum atomic E-state index is -0.652. The van der Waals surface area contributed by atoms with Gasteiger partial charge < -0.3 is 20.1 Å². The van der Waals surface area contributed by atoms with Crippen molar-refractivity contribution in [1.29, 1.82) is 0 Å². The fraction of sp³-hybridized carbons (Fsp3) is 0.941. The molecule has 4 heteroatoms. The molecule has 11 unspecified atom stereocenters. The number of rotatable bonds is 7. The summed E-state index contributed by atoms with van der Waals surface area (Å²) < 4.78 is 6.66. The highest BCUT2D eigenvalue weighted by Crippen LogP contribution is 2.69. The van der Waals surface area contributed by atoms with Crippen molar-refractivity contribution in [3.63, 3.8) is 0 Å². The molecule has 1 heterocycles. The van der Waals surface area contributed by atoms with Gasteiger partial charge in [-0.15, -0.1) is 0 Å². The van der Waals surface area contributed by atoms with Gasteiger partial charge >= 0.3 is 0 Å². The van der Waals surface area contributed by atoms with Gasteiger partial charge in [0.05, 0.1) is 23.4 Å². The summed E-state index contributed by atoms with van der Waals surface area (Å²) in [5.41, 5.74) is 1.62. The highest BCUT2D eigenvalue weighted by molar-refractivity contribution is 5.23. The average molecular weight is 529 g/mol. The molecule has 0 bridgehead atoms. The van der Waals surface area contributed by atoms with Crippen LogP contribution in [0, 0.1) is 40.4 Å². The normalized spacial score (nSPS) is 52.6. The molecule has 0 aromatic rings. The molecule has 4 nitrogen and oxygen atoms in total. The molecule has 6 rings (SSSR count). The lowest BCUT2D eigenvalue weighted by molar-refractivity contribution is -0.0695. The maximum Gasteiger partial charge on any atom is 0.0930 e. The molecule has 11 atom stereocenters. The molecular formula is C34H56O4. The van der Waals surface area contributed by atoms with Crippen LogP contribution < -0.4 is 0 Å². The van der Waals surface area contributed by atoms with E-state index in [1.165, 1.54) is 69.8 Å². The van der Waals surface area contributed by atoms with Gasteiger partial charge in [0.25, 0.3) is 0 Å². The standard InChI is InChI=1S/C34H56O4/c1-23-19-33(15-10-25(20-33)11-16-34(37)13-4-7-27(36)21-34)30-32(3,38-30)14-12-29-28(23)22-31(29,2)26-9-8-24(18-26)6-5-17-35/h24-30,35-37H,1,4-22H2,2-3H3. The quantitative estimate of drug-likeness (QED) is 0.247. The summed E-state index contributed by atoms with van der Waals surface area (Å²) in [6.07, 6.45) is 20.2. The van der Waals surface area contributed by atoms with Gasteiger partial charge in [-0.1, -0.05) is 25.5 Å². The lowest BCUT2D eigenvalue weighted by atomic mass is 9.46. The first kappa shape index (κ1) is 27.7. The van der Waals surface area contributed by atoms with Crippen LogP contribution in [0.15, 0.2) is 12.2 Å². The first-order valence-corrected chi connectivity index (χ1v) is 16.4. The van der Waals surface area contributed by atoms with E-state index in [1.54, 1.807) is 0 Å². The van der Waals surface area contributed by atoms with Crippen molar-refractivity contribution in [2.24, 2.45) is 40.4 Å². The predicted molar refractivity (Wildman–Crippen MR) is 152 cm³/mol. The van der Waals surface area contributed by atoms with Crippen LogP contribution >= 0.6 is 0 Å². The molecule has 6 aliphatic rings. The van der Waals surface area contributed by atoms with Gasteiger partial charge in [-0.25, -0.2) is 0 Å². The van der Waals surface area contributed by atoms with Gasteiger partial charge in [-0.3, -0.25) is 0 Å². The number of ether oxygens (including phenoxy) is 1. The summed E-state index contributed by atoms with van der Waals surface area (Å²) in [4.78, 5) is 0. The molecule has 5 saturated carbocycles. The summed E-state index contributed by atoms with van der Waals surface area (Å²) in [5, 5.41) is 30.6. The van der Waals surface area contributed by atoms with Gasteiger partial charge in [0.15, 0.2) is 0 Å². The Morgan fingerprint density at radius 2 is 1.79 bits per heavy atom. The molecule has 0 amide bonds. The summed E-state index contributed by atoms with van der Waals surface area (Å²) in [6, 6.07) is 0. The number of aliphatic hydroxyl groups excluding tert-OH is 2. The fourth-order valence-electron chi connectivity index (χ4n) is 11.1. The number of fused-ring (bicyclic) bond motifs is 3. The minimum absolute atomic E-state index is 0.0472. The van der Waals surface area contributed by atoms with E-state index in [0.717, 1.165) is 62.7 Å². The van der Waals surface area contributed by atoms with Gasteiger partial charge in [0.1, 0.15) is 0 Å². The zero-order valence-electron chi connectivity index (χ0n) is 24.4. The highest BCUT2D eigenvalue weighted by atomic mass is 16.6. The molecule has 0 aromatic heterocycles. The number of epoxide rings is 1. The second kappa shape index (κ2) is 10.1. The van der Waals surface area contributed by atoms with Crippen molar-refractivity contribution in [3.8, 4) is 0 Å². The maximum atomic E-state index is 11.1. The molecule has 216 valence electrons. The van der Waals surface area contributed by atoms with Crippen molar-refractivity contribution in [1.82, 2.24) is 0 Å². The predicted octanol–water partition coefficient (Wildman–Crippen LogP) is 6.95. The van der Waals surface area contributed by atoms with Gasteiger partial charge in [0.2, 0.25) is 0 Å². The third-order valence-electron chi connectivity index (χ3n) is 13.3. The van der Waals surface area contributed by atoms with Crippen LogP contribution in [0.5, 0.6) is 0 Å². The number of hydrogen-bond donors (Lipinski definition) is 3. The molecule has 1 aliphatic heterocycles. The Bertz CT molecular complexity index is 888. The third kappa shape index (κ3) is 4.96. The van der Waals surface area contributed by atoms with E-state index >= 15 is 0 Å². The zero-order chi connectivity index (χ0) is 26.8. The second-order valence-corrected chi connectivity index (χ2v) is 15.8. The van der Waals surface area contributed by atoms with Crippen molar-refractivity contribution < 1.29 is 20.1 Å². The Kier molecular flexibility index (Phi) is 7.40. The molecule has 1 spiro atoms.